The predicted molar refractivity (Wildman–Crippen MR) is 247 cm³/mol. The molecule has 60 heavy (non-hydrogen) atoms. The Balaban J connectivity index is 0.999. The van der Waals surface area contributed by atoms with E-state index in [1.807, 2.05) is 24.3 Å². The van der Waals surface area contributed by atoms with E-state index >= 15 is 0 Å². The maximum Gasteiger partial charge on any atom is 0.150 e. The molecule has 0 radical (unpaired) electrons. The topological polar surface area (TPSA) is 71.7 Å². The highest BCUT2D eigenvalue weighted by Gasteiger charge is 2.26. The summed E-state index contributed by atoms with van der Waals surface area (Å²) >= 11 is 0. The van der Waals surface area contributed by atoms with E-state index in [4.69, 9.17) is 0 Å². The standard InChI is InChI=1S/C53H58N6O/c60-38-43-22-32-49(33-23-43)59-47-28-18-41(19-29-47)36-56-52-12-6-4-10-50(52)54-34-39-14-24-45(25-15-39)58(44-8-2-1-3-9-44)46-26-16-40(17-27-46)35-55-51-11-5-7-13-53(51)57-37-42-20-30-48(59)31-21-42/h1-3,8-9,14-33,38,50-57H,4-7,10-13,34-37H2/t50-,51-,52-,53-/m1/s1. The molecule has 7 aliphatic heterocycles. The first-order valence-corrected chi connectivity index (χ1v) is 22.2. The van der Waals surface area contributed by atoms with Crippen LogP contribution in [0.15, 0.2) is 152 Å². The second kappa shape index (κ2) is 19.2. The summed E-state index contributed by atoms with van der Waals surface area (Å²) in [5, 5.41) is 15.8. The maximum absolute atomic E-state index is 11.5. The molecule has 4 atom stereocenters. The van der Waals surface area contributed by atoms with Gasteiger partial charge in [-0.15, -0.1) is 0 Å². The van der Waals surface area contributed by atoms with Gasteiger partial charge in [-0.2, -0.15) is 0 Å². The third kappa shape index (κ3) is 9.56. The molecule has 9 aliphatic rings. The Labute approximate surface area is 356 Å². The lowest BCUT2D eigenvalue weighted by atomic mass is 9.90. The van der Waals surface area contributed by atoms with Crippen molar-refractivity contribution in [1.29, 1.82) is 0 Å². The fourth-order valence-corrected chi connectivity index (χ4v) is 9.46. The lowest BCUT2D eigenvalue weighted by Crippen LogP contribution is -2.49. The van der Waals surface area contributed by atoms with Crippen molar-refractivity contribution in [1.82, 2.24) is 21.3 Å². The number of aldehydes is 1. The average molecular weight is 795 g/mol. The molecule has 0 spiro atoms. The number of benzene rings is 6. The van der Waals surface area contributed by atoms with E-state index < -0.39 is 0 Å². The largest absolute Gasteiger partial charge is 0.311 e. The van der Waals surface area contributed by atoms with Gasteiger partial charge in [0.2, 0.25) is 0 Å². The maximum atomic E-state index is 11.5. The third-order valence-corrected chi connectivity index (χ3v) is 12.9. The van der Waals surface area contributed by atoms with Crippen LogP contribution in [-0.4, -0.2) is 30.5 Å². The summed E-state index contributed by atoms with van der Waals surface area (Å²) in [4.78, 5) is 16.2. The van der Waals surface area contributed by atoms with Gasteiger partial charge < -0.3 is 31.1 Å². The van der Waals surface area contributed by atoms with E-state index in [0.717, 1.165) is 66.6 Å². The number of hydrogen-bond acceptors (Lipinski definition) is 7. The Morgan fingerprint density at radius 2 is 0.617 bits per heavy atom. The normalized spacial score (nSPS) is 21.6. The van der Waals surface area contributed by atoms with Crippen LogP contribution in [0.25, 0.3) is 0 Å². The minimum absolute atomic E-state index is 0.412. The van der Waals surface area contributed by atoms with Crippen molar-refractivity contribution in [2.45, 2.75) is 102 Å². The summed E-state index contributed by atoms with van der Waals surface area (Å²) in [7, 11) is 0. The molecule has 0 saturated heterocycles. The molecule has 0 aromatic heterocycles. The molecule has 6 aromatic rings. The number of rotatable bonds is 3. The van der Waals surface area contributed by atoms with Gasteiger partial charge in [-0.1, -0.05) is 92.4 Å². The van der Waals surface area contributed by atoms with Crippen LogP contribution in [0.3, 0.4) is 0 Å². The molecule has 15 rings (SSSR count). The van der Waals surface area contributed by atoms with E-state index in [1.54, 1.807) is 0 Å². The second-order valence-electron chi connectivity index (χ2n) is 16.9. The molecule has 0 unspecified atom stereocenters. The Morgan fingerprint density at radius 3 is 0.900 bits per heavy atom. The van der Waals surface area contributed by atoms with Crippen molar-refractivity contribution in [3.8, 4) is 0 Å². The van der Waals surface area contributed by atoms with Gasteiger partial charge in [0, 0.05) is 90.0 Å². The Bertz CT molecular complexity index is 2140. The van der Waals surface area contributed by atoms with Crippen LogP contribution in [0.1, 0.15) is 84.0 Å². The molecular weight excluding hydrogens is 737 g/mol. The van der Waals surface area contributed by atoms with E-state index in [2.05, 4.69) is 158 Å². The van der Waals surface area contributed by atoms with Crippen LogP contribution < -0.4 is 31.1 Å². The fourth-order valence-electron chi connectivity index (χ4n) is 9.46. The molecular formula is C53H58N6O. The molecule has 2 saturated carbocycles. The van der Waals surface area contributed by atoms with Gasteiger partial charge in [-0.25, -0.2) is 0 Å². The number of anilines is 6. The van der Waals surface area contributed by atoms with Crippen molar-refractivity contribution in [3.05, 3.63) is 179 Å². The average Bonchev–Trinajstić information content (AvgIpc) is 3.31. The smallest absolute Gasteiger partial charge is 0.150 e. The minimum Gasteiger partial charge on any atom is -0.311 e. The summed E-state index contributed by atoms with van der Waals surface area (Å²) in [5.41, 5.74) is 12.5. The van der Waals surface area contributed by atoms with Crippen molar-refractivity contribution in [3.63, 3.8) is 0 Å². The fraction of sp³-hybridized carbons (Fsp3) is 0.302. The summed E-state index contributed by atoms with van der Waals surface area (Å²) in [5.74, 6) is 0. The monoisotopic (exact) mass is 794 g/mol. The zero-order valence-corrected chi connectivity index (χ0v) is 34.6. The first-order chi connectivity index (χ1) is 29.7. The van der Waals surface area contributed by atoms with Crippen molar-refractivity contribution in [2.75, 3.05) is 9.80 Å². The first kappa shape index (κ1) is 39.9. The molecule has 7 nitrogen and oxygen atoms in total. The van der Waals surface area contributed by atoms with Gasteiger partial charge in [0.25, 0.3) is 0 Å². The summed E-state index contributed by atoms with van der Waals surface area (Å²) < 4.78 is 0. The van der Waals surface area contributed by atoms with Gasteiger partial charge in [0.15, 0.2) is 0 Å². The molecule has 0 amide bonds. The highest BCUT2D eigenvalue weighted by Crippen LogP contribution is 2.36. The predicted octanol–water partition coefficient (Wildman–Crippen LogP) is 11.1. The van der Waals surface area contributed by atoms with Crippen molar-refractivity contribution < 1.29 is 4.79 Å². The molecule has 2 aliphatic carbocycles. The van der Waals surface area contributed by atoms with Crippen molar-refractivity contribution >= 4 is 40.4 Å². The lowest BCUT2D eigenvalue weighted by molar-refractivity contribution is 0.112. The first-order valence-electron chi connectivity index (χ1n) is 22.2. The van der Waals surface area contributed by atoms with Crippen LogP contribution in [0, 0.1) is 0 Å². The SMILES string of the molecule is O=Cc1ccc(N2c3ccc(cc3)CN[C@@H]3CCCC[C@H]3NCc3ccc(cc3)N(c3ccccc3)c3ccc(cc3)CN[C@@H]3CCCC[C@H]3NCc3ccc2cc3)cc1. The molecule has 7 heteroatoms. The van der Waals surface area contributed by atoms with Crippen LogP contribution in [0.4, 0.5) is 34.1 Å². The zero-order chi connectivity index (χ0) is 40.5. The van der Waals surface area contributed by atoms with Gasteiger partial charge in [-0.3, -0.25) is 4.79 Å². The van der Waals surface area contributed by atoms with Crippen LogP contribution in [0.2, 0.25) is 0 Å². The van der Waals surface area contributed by atoms with Gasteiger partial charge in [0.05, 0.1) is 0 Å². The van der Waals surface area contributed by atoms with E-state index in [9.17, 15) is 4.79 Å². The Morgan fingerprint density at radius 1 is 0.350 bits per heavy atom. The van der Waals surface area contributed by atoms with E-state index in [-0.39, 0.29) is 0 Å². The van der Waals surface area contributed by atoms with Crippen molar-refractivity contribution in [2.24, 2.45) is 0 Å². The second-order valence-corrected chi connectivity index (χ2v) is 16.9. The summed E-state index contributed by atoms with van der Waals surface area (Å²) in [6, 6.07) is 56.3. The highest BCUT2D eigenvalue weighted by molar-refractivity contribution is 5.80. The van der Waals surface area contributed by atoms with E-state index in [0.29, 0.717) is 29.7 Å². The van der Waals surface area contributed by atoms with Gasteiger partial charge >= 0.3 is 0 Å². The Kier molecular flexibility index (Phi) is 12.8. The number of para-hydroxylation sites is 1. The number of nitrogens with zero attached hydrogens (tertiary/aromatic N) is 2. The minimum atomic E-state index is 0.412. The molecule has 7 heterocycles. The Hall–Kier alpha value is -5.57. The van der Waals surface area contributed by atoms with Crippen LogP contribution in [-0.2, 0) is 26.2 Å². The summed E-state index contributed by atoms with van der Waals surface area (Å²) in [6.45, 7) is 3.32. The third-order valence-electron chi connectivity index (χ3n) is 12.9. The lowest BCUT2D eigenvalue weighted by Gasteiger charge is -2.33. The highest BCUT2D eigenvalue weighted by atomic mass is 16.1. The molecule has 2 fully saturated rings. The van der Waals surface area contributed by atoms with E-state index in [1.165, 1.54) is 73.6 Å². The molecule has 8 bridgehead atoms. The number of hydrogen-bond donors (Lipinski definition) is 4. The zero-order valence-electron chi connectivity index (χ0n) is 34.6. The molecule has 4 N–H and O–H groups in total. The number of carbonyl (C=O) groups excluding carboxylic acids is 1. The number of carbonyl (C=O) groups is 1. The summed E-state index contributed by atoms with van der Waals surface area (Å²) in [6.07, 6.45) is 10.6. The van der Waals surface area contributed by atoms with Gasteiger partial charge in [-0.05, 0) is 133 Å². The van der Waals surface area contributed by atoms with Crippen LogP contribution >= 0.6 is 0 Å². The van der Waals surface area contributed by atoms with Crippen LogP contribution in [0.5, 0.6) is 0 Å². The van der Waals surface area contributed by atoms with Gasteiger partial charge in [0.1, 0.15) is 6.29 Å². The molecule has 6 aromatic carbocycles. The number of nitrogens with one attached hydrogen (secondary N) is 4. The quantitative estimate of drug-likeness (QED) is 0.133. The molecule has 306 valence electrons.